The van der Waals surface area contributed by atoms with Gasteiger partial charge in [-0.25, -0.2) is 4.39 Å². The summed E-state index contributed by atoms with van der Waals surface area (Å²) in [6, 6.07) is 13.8. The maximum Gasteiger partial charge on any atom is 0.253 e. The molecule has 2 aromatic rings. The SMILES string of the molecule is C[C@H]1Cc2ccccc2N1C(=O)[C@H]1CCCN(C(=O)c2ccc(F)cc2)C1. The second kappa shape index (κ2) is 7.14. The van der Waals surface area contributed by atoms with Gasteiger partial charge in [-0.1, -0.05) is 18.2 Å². The highest BCUT2D eigenvalue weighted by Gasteiger charge is 2.37. The molecule has 2 atom stereocenters. The van der Waals surface area contributed by atoms with Gasteiger partial charge in [0.25, 0.3) is 5.91 Å². The van der Waals surface area contributed by atoms with Gasteiger partial charge in [0.2, 0.25) is 5.91 Å². The van der Waals surface area contributed by atoms with Crippen LogP contribution in [-0.2, 0) is 11.2 Å². The Labute approximate surface area is 158 Å². The summed E-state index contributed by atoms with van der Waals surface area (Å²) in [5.74, 6) is -0.594. The van der Waals surface area contributed by atoms with Crippen molar-refractivity contribution < 1.29 is 14.0 Å². The van der Waals surface area contributed by atoms with Crippen LogP contribution in [0, 0.1) is 11.7 Å². The number of hydrogen-bond donors (Lipinski definition) is 0. The lowest BCUT2D eigenvalue weighted by atomic mass is 9.95. The first-order chi connectivity index (χ1) is 13.0. The van der Waals surface area contributed by atoms with Gasteiger partial charge >= 0.3 is 0 Å². The number of carbonyl (C=O) groups excluding carboxylic acids is 2. The lowest BCUT2D eigenvalue weighted by Crippen LogP contribution is -2.48. The van der Waals surface area contributed by atoms with E-state index in [1.807, 2.05) is 23.1 Å². The molecule has 5 heteroatoms. The molecule has 2 aromatic carbocycles. The summed E-state index contributed by atoms with van der Waals surface area (Å²) in [5, 5.41) is 0. The van der Waals surface area contributed by atoms with E-state index in [0.29, 0.717) is 18.7 Å². The van der Waals surface area contributed by atoms with Gasteiger partial charge in [-0.2, -0.15) is 0 Å². The Balaban J connectivity index is 1.50. The van der Waals surface area contributed by atoms with Crippen LogP contribution in [0.3, 0.4) is 0 Å². The number of anilines is 1. The highest BCUT2D eigenvalue weighted by atomic mass is 19.1. The number of benzene rings is 2. The van der Waals surface area contributed by atoms with Crippen LogP contribution < -0.4 is 4.90 Å². The van der Waals surface area contributed by atoms with Crippen molar-refractivity contribution in [2.75, 3.05) is 18.0 Å². The maximum atomic E-state index is 13.3. The normalized spacial score (nSPS) is 21.9. The highest BCUT2D eigenvalue weighted by molar-refractivity contribution is 5.99. The average molecular weight is 366 g/mol. The first-order valence-corrected chi connectivity index (χ1v) is 9.50. The van der Waals surface area contributed by atoms with Crippen LogP contribution in [-0.4, -0.2) is 35.8 Å². The molecule has 1 fully saturated rings. The number of para-hydroxylation sites is 1. The van der Waals surface area contributed by atoms with Gasteiger partial charge in [0.05, 0.1) is 5.92 Å². The zero-order valence-electron chi connectivity index (χ0n) is 15.4. The van der Waals surface area contributed by atoms with E-state index in [-0.39, 0.29) is 29.6 Å². The predicted octanol–water partition coefficient (Wildman–Crippen LogP) is 3.66. The number of hydrogen-bond acceptors (Lipinski definition) is 2. The molecule has 0 N–H and O–H groups in total. The van der Waals surface area contributed by atoms with E-state index in [9.17, 15) is 14.0 Å². The van der Waals surface area contributed by atoms with E-state index in [0.717, 1.165) is 24.9 Å². The van der Waals surface area contributed by atoms with Crippen LogP contribution in [0.1, 0.15) is 35.7 Å². The summed E-state index contributed by atoms with van der Waals surface area (Å²) in [7, 11) is 0. The third-order valence-corrected chi connectivity index (χ3v) is 5.59. The molecule has 2 amide bonds. The minimum absolute atomic E-state index is 0.101. The van der Waals surface area contributed by atoms with Gasteiger partial charge in [0.15, 0.2) is 0 Å². The lowest BCUT2D eigenvalue weighted by molar-refractivity contribution is -0.124. The fourth-order valence-corrected chi connectivity index (χ4v) is 4.24. The Bertz CT molecular complexity index is 865. The summed E-state index contributed by atoms with van der Waals surface area (Å²) in [6.07, 6.45) is 2.46. The molecular weight excluding hydrogens is 343 g/mol. The predicted molar refractivity (Wildman–Crippen MR) is 102 cm³/mol. The molecule has 27 heavy (non-hydrogen) atoms. The van der Waals surface area contributed by atoms with E-state index < -0.39 is 0 Å². The van der Waals surface area contributed by atoms with Crippen LogP contribution in [0.25, 0.3) is 0 Å². The van der Waals surface area contributed by atoms with E-state index in [2.05, 4.69) is 13.0 Å². The van der Waals surface area contributed by atoms with E-state index in [1.165, 1.54) is 29.8 Å². The molecule has 1 saturated heterocycles. The third kappa shape index (κ3) is 3.34. The van der Waals surface area contributed by atoms with Crippen LogP contribution in [0.2, 0.25) is 0 Å². The first kappa shape index (κ1) is 17.7. The summed E-state index contributed by atoms with van der Waals surface area (Å²) < 4.78 is 13.1. The number of carbonyl (C=O) groups is 2. The molecule has 4 nitrogen and oxygen atoms in total. The van der Waals surface area contributed by atoms with Crippen molar-refractivity contribution in [2.45, 2.75) is 32.2 Å². The molecular formula is C22H23FN2O2. The fraction of sp³-hybridized carbons (Fsp3) is 0.364. The molecule has 4 rings (SSSR count). The number of likely N-dealkylation sites (tertiary alicyclic amines) is 1. The van der Waals surface area contributed by atoms with Crippen LogP contribution in [0.4, 0.5) is 10.1 Å². The van der Waals surface area contributed by atoms with Crippen LogP contribution in [0.5, 0.6) is 0 Å². The number of rotatable bonds is 2. The monoisotopic (exact) mass is 366 g/mol. The van der Waals surface area contributed by atoms with Crippen molar-refractivity contribution in [2.24, 2.45) is 5.92 Å². The van der Waals surface area contributed by atoms with Crippen LogP contribution >= 0.6 is 0 Å². The maximum absolute atomic E-state index is 13.3. The Kier molecular flexibility index (Phi) is 4.68. The molecule has 0 radical (unpaired) electrons. The summed E-state index contributed by atoms with van der Waals surface area (Å²) in [4.78, 5) is 29.6. The van der Waals surface area contributed by atoms with E-state index in [4.69, 9.17) is 0 Å². The Morgan fingerprint density at radius 2 is 1.81 bits per heavy atom. The van der Waals surface area contributed by atoms with Crippen molar-refractivity contribution in [3.8, 4) is 0 Å². The highest BCUT2D eigenvalue weighted by Crippen LogP contribution is 2.34. The second-order valence-corrected chi connectivity index (χ2v) is 7.49. The second-order valence-electron chi connectivity index (χ2n) is 7.49. The van der Waals surface area contributed by atoms with Gasteiger partial charge in [0, 0.05) is 30.4 Å². The Hall–Kier alpha value is -2.69. The van der Waals surface area contributed by atoms with E-state index >= 15 is 0 Å². The molecule has 0 spiro atoms. The fourth-order valence-electron chi connectivity index (χ4n) is 4.24. The Morgan fingerprint density at radius 3 is 2.59 bits per heavy atom. The third-order valence-electron chi connectivity index (χ3n) is 5.59. The van der Waals surface area contributed by atoms with Gasteiger partial charge < -0.3 is 9.80 Å². The summed E-state index contributed by atoms with van der Waals surface area (Å²) >= 11 is 0. The van der Waals surface area contributed by atoms with Crippen molar-refractivity contribution in [1.82, 2.24) is 4.90 Å². The lowest BCUT2D eigenvalue weighted by Gasteiger charge is -2.35. The summed E-state index contributed by atoms with van der Waals surface area (Å²) in [6.45, 7) is 3.12. The van der Waals surface area contributed by atoms with Gasteiger partial charge in [-0.15, -0.1) is 0 Å². The Morgan fingerprint density at radius 1 is 1.07 bits per heavy atom. The molecule has 140 valence electrons. The molecule has 0 aromatic heterocycles. The minimum Gasteiger partial charge on any atom is -0.338 e. The van der Waals surface area contributed by atoms with Crippen molar-refractivity contribution in [3.63, 3.8) is 0 Å². The number of nitrogens with zero attached hydrogens (tertiary/aromatic N) is 2. The zero-order chi connectivity index (χ0) is 19.0. The number of piperidine rings is 1. The van der Waals surface area contributed by atoms with Crippen LogP contribution in [0.15, 0.2) is 48.5 Å². The molecule has 2 heterocycles. The average Bonchev–Trinajstić information content (AvgIpc) is 3.03. The van der Waals surface area contributed by atoms with E-state index in [1.54, 1.807) is 4.90 Å². The minimum atomic E-state index is -0.361. The van der Waals surface area contributed by atoms with Gasteiger partial charge in [0.1, 0.15) is 5.82 Å². The standard InChI is InChI=1S/C22H23FN2O2/c1-15-13-17-5-2-3-7-20(17)25(15)22(27)18-6-4-12-24(14-18)21(26)16-8-10-19(23)11-9-16/h2-3,5,7-11,15,18H,4,6,12-14H2,1H3/t15-,18-/m0/s1. The molecule has 0 unspecified atom stereocenters. The molecule has 2 aliphatic rings. The van der Waals surface area contributed by atoms with Crippen molar-refractivity contribution in [1.29, 1.82) is 0 Å². The number of fused-ring (bicyclic) bond motifs is 1. The van der Waals surface area contributed by atoms with Crippen molar-refractivity contribution >= 4 is 17.5 Å². The molecule has 0 aliphatic carbocycles. The largest absolute Gasteiger partial charge is 0.338 e. The van der Waals surface area contributed by atoms with Gasteiger partial charge in [-0.05, 0) is 62.1 Å². The number of halogens is 1. The molecule has 0 bridgehead atoms. The molecule has 2 aliphatic heterocycles. The first-order valence-electron chi connectivity index (χ1n) is 9.50. The summed E-state index contributed by atoms with van der Waals surface area (Å²) in [5.41, 5.74) is 2.66. The zero-order valence-corrected chi connectivity index (χ0v) is 15.4. The molecule has 0 saturated carbocycles. The topological polar surface area (TPSA) is 40.6 Å². The number of amides is 2. The quantitative estimate of drug-likeness (QED) is 0.814. The van der Waals surface area contributed by atoms with Gasteiger partial charge in [-0.3, -0.25) is 9.59 Å². The van der Waals surface area contributed by atoms with Crippen molar-refractivity contribution in [3.05, 3.63) is 65.5 Å². The smallest absolute Gasteiger partial charge is 0.253 e.